The maximum Gasteiger partial charge on any atom is 0.128 e. The Hall–Kier alpha value is -1.13. The van der Waals surface area contributed by atoms with Crippen molar-refractivity contribution in [2.75, 3.05) is 26.9 Å². The minimum atomic E-state index is -0.207. The molecule has 2 rings (SSSR count). The molecule has 0 radical (unpaired) electrons. The molecule has 1 aromatic carbocycles. The van der Waals surface area contributed by atoms with Crippen LogP contribution < -0.4 is 10.1 Å². The number of benzene rings is 1. The third-order valence-electron chi connectivity index (χ3n) is 2.81. The highest BCUT2D eigenvalue weighted by Crippen LogP contribution is 2.27. The monoisotopic (exact) mass is 225 g/mol. The van der Waals surface area contributed by atoms with Crippen molar-refractivity contribution in [1.29, 1.82) is 0 Å². The number of ether oxygens (including phenoxy) is 2. The third kappa shape index (κ3) is 2.18. The predicted molar refractivity (Wildman–Crippen MR) is 59.3 cm³/mol. The van der Waals surface area contributed by atoms with Gasteiger partial charge in [-0.25, -0.2) is 4.39 Å². The zero-order chi connectivity index (χ0) is 11.5. The molecule has 1 unspecified atom stereocenters. The topological polar surface area (TPSA) is 30.5 Å². The lowest BCUT2D eigenvalue weighted by Crippen LogP contribution is -2.35. The summed E-state index contributed by atoms with van der Waals surface area (Å²) in [7, 11) is 1.59. The van der Waals surface area contributed by atoms with Gasteiger partial charge in [0.05, 0.1) is 26.4 Å². The summed E-state index contributed by atoms with van der Waals surface area (Å²) in [6.45, 7) is 3.76. The molecule has 0 aliphatic carbocycles. The Morgan fingerprint density at radius 1 is 1.50 bits per heavy atom. The average molecular weight is 225 g/mol. The van der Waals surface area contributed by atoms with E-state index in [1.54, 1.807) is 13.2 Å². The van der Waals surface area contributed by atoms with Crippen LogP contribution in [0.15, 0.2) is 12.1 Å². The number of halogens is 1. The van der Waals surface area contributed by atoms with Crippen LogP contribution in [0.2, 0.25) is 0 Å². The van der Waals surface area contributed by atoms with Gasteiger partial charge >= 0.3 is 0 Å². The molecule has 1 heterocycles. The van der Waals surface area contributed by atoms with Crippen LogP contribution >= 0.6 is 0 Å². The van der Waals surface area contributed by atoms with Gasteiger partial charge in [0.1, 0.15) is 11.6 Å². The van der Waals surface area contributed by atoms with Crippen molar-refractivity contribution >= 4 is 0 Å². The van der Waals surface area contributed by atoms with Gasteiger partial charge in [-0.1, -0.05) is 0 Å². The number of morpholine rings is 1. The summed E-state index contributed by atoms with van der Waals surface area (Å²) in [6.07, 6.45) is 0. The Morgan fingerprint density at radius 2 is 2.31 bits per heavy atom. The van der Waals surface area contributed by atoms with Crippen molar-refractivity contribution in [3.63, 3.8) is 0 Å². The van der Waals surface area contributed by atoms with Crippen molar-refractivity contribution in [3.8, 4) is 5.75 Å². The predicted octanol–water partition coefficient (Wildman–Crippen LogP) is 1.80. The summed E-state index contributed by atoms with van der Waals surface area (Å²) in [4.78, 5) is 0. The van der Waals surface area contributed by atoms with Crippen LogP contribution in [0.3, 0.4) is 0 Å². The van der Waals surface area contributed by atoms with E-state index >= 15 is 0 Å². The summed E-state index contributed by atoms with van der Waals surface area (Å²) < 4.78 is 24.3. The maximum absolute atomic E-state index is 13.8. The first kappa shape index (κ1) is 11.4. The zero-order valence-corrected chi connectivity index (χ0v) is 9.55. The standard InChI is InChI=1S/C12H16FNO2/c1-8-5-10(13)9(6-12(8)15-2)11-7-16-4-3-14-11/h5-6,11,14H,3-4,7H2,1-2H3. The number of nitrogens with one attached hydrogen (secondary N) is 1. The highest BCUT2D eigenvalue weighted by Gasteiger charge is 2.20. The second-order valence-electron chi connectivity index (χ2n) is 3.92. The Bertz CT molecular complexity index is 376. The summed E-state index contributed by atoms with van der Waals surface area (Å²) in [5.41, 5.74) is 1.42. The maximum atomic E-state index is 13.8. The third-order valence-corrected chi connectivity index (χ3v) is 2.81. The zero-order valence-electron chi connectivity index (χ0n) is 9.55. The first-order valence-corrected chi connectivity index (χ1v) is 5.37. The van der Waals surface area contributed by atoms with E-state index < -0.39 is 0 Å². The van der Waals surface area contributed by atoms with Crippen LogP contribution in [0.4, 0.5) is 4.39 Å². The molecule has 1 fully saturated rings. The first-order chi connectivity index (χ1) is 7.72. The highest BCUT2D eigenvalue weighted by atomic mass is 19.1. The van der Waals surface area contributed by atoms with E-state index in [4.69, 9.17) is 9.47 Å². The fraction of sp³-hybridized carbons (Fsp3) is 0.500. The second kappa shape index (κ2) is 4.80. The van der Waals surface area contributed by atoms with Gasteiger partial charge in [0.2, 0.25) is 0 Å². The molecule has 4 heteroatoms. The number of rotatable bonds is 2. The van der Waals surface area contributed by atoms with Gasteiger partial charge in [-0.15, -0.1) is 0 Å². The number of hydrogen-bond donors (Lipinski definition) is 1. The van der Waals surface area contributed by atoms with Crippen molar-refractivity contribution in [3.05, 3.63) is 29.1 Å². The SMILES string of the molecule is COc1cc(C2COCCN2)c(F)cc1C. The molecule has 1 saturated heterocycles. The fourth-order valence-electron chi connectivity index (χ4n) is 1.92. The number of aryl methyl sites for hydroxylation is 1. The van der Waals surface area contributed by atoms with Gasteiger partial charge in [-0.3, -0.25) is 0 Å². The quantitative estimate of drug-likeness (QED) is 0.832. The Balaban J connectivity index is 2.31. The van der Waals surface area contributed by atoms with Crippen LogP contribution in [-0.2, 0) is 4.74 Å². The average Bonchev–Trinajstić information content (AvgIpc) is 2.30. The summed E-state index contributed by atoms with van der Waals surface area (Å²) in [5, 5.41) is 3.23. The van der Waals surface area contributed by atoms with Crippen molar-refractivity contribution in [2.45, 2.75) is 13.0 Å². The van der Waals surface area contributed by atoms with E-state index in [1.807, 2.05) is 6.92 Å². The van der Waals surface area contributed by atoms with Crippen LogP contribution in [-0.4, -0.2) is 26.9 Å². The summed E-state index contributed by atoms with van der Waals surface area (Å²) in [5.74, 6) is 0.505. The lowest BCUT2D eigenvalue weighted by Gasteiger charge is -2.25. The van der Waals surface area contributed by atoms with Crippen LogP contribution in [0.25, 0.3) is 0 Å². The van der Waals surface area contributed by atoms with Gasteiger partial charge in [0.25, 0.3) is 0 Å². The highest BCUT2D eigenvalue weighted by molar-refractivity contribution is 5.39. The smallest absolute Gasteiger partial charge is 0.128 e. The molecular weight excluding hydrogens is 209 g/mol. The molecule has 1 N–H and O–H groups in total. The molecule has 1 aliphatic rings. The van der Waals surface area contributed by atoms with E-state index in [9.17, 15) is 4.39 Å². The molecule has 1 atom stereocenters. The molecule has 0 bridgehead atoms. The molecule has 3 nitrogen and oxygen atoms in total. The van der Waals surface area contributed by atoms with Crippen molar-refractivity contribution in [2.24, 2.45) is 0 Å². The fourth-order valence-corrected chi connectivity index (χ4v) is 1.92. The molecule has 16 heavy (non-hydrogen) atoms. The van der Waals surface area contributed by atoms with Gasteiger partial charge < -0.3 is 14.8 Å². The van der Waals surface area contributed by atoms with Crippen LogP contribution in [0.1, 0.15) is 17.2 Å². The lowest BCUT2D eigenvalue weighted by atomic mass is 10.0. The van der Waals surface area contributed by atoms with Gasteiger partial charge in [0, 0.05) is 12.1 Å². The van der Waals surface area contributed by atoms with Crippen molar-refractivity contribution in [1.82, 2.24) is 5.32 Å². The normalized spacial score (nSPS) is 20.8. The van der Waals surface area contributed by atoms with Crippen molar-refractivity contribution < 1.29 is 13.9 Å². The lowest BCUT2D eigenvalue weighted by molar-refractivity contribution is 0.0757. The van der Waals surface area contributed by atoms with E-state index in [2.05, 4.69) is 5.32 Å². The van der Waals surface area contributed by atoms with E-state index in [-0.39, 0.29) is 11.9 Å². The molecular formula is C12H16FNO2. The summed E-state index contributed by atoms with van der Waals surface area (Å²) in [6, 6.07) is 3.17. The van der Waals surface area contributed by atoms with Gasteiger partial charge in [0.15, 0.2) is 0 Å². The Morgan fingerprint density at radius 3 is 2.94 bits per heavy atom. The second-order valence-corrected chi connectivity index (χ2v) is 3.92. The minimum absolute atomic E-state index is 0.0803. The molecule has 0 spiro atoms. The Kier molecular flexibility index (Phi) is 3.41. The van der Waals surface area contributed by atoms with Crippen LogP contribution in [0, 0.1) is 12.7 Å². The minimum Gasteiger partial charge on any atom is -0.496 e. The summed E-state index contributed by atoms with van der Waals surface area (Å²) >= 11 is 0. The largest absolute Gasteiger partial charge is 0.496 e. The van der Waals surface area contributed by atoms with Gasteiger partial charge in [-0.05, 0) is 24.6 Å². The molecule has 0 saturated carbocycles. The number of hydrogen-bond acceptors (Lipinski definition) is 3. The first-order valence-electron chi connectivity index (χ1n) is 5.37. The van der Waals surface area contributed by atoms with Gasteiger partial charge in [-0.2, -0.15) is 0 Å². The molecule has 0 amide bonds. The Labute approximate surface area is 94.6 Å². The number of methoxy groups -OCH3 is 1. The van der Waals surface area contributed by atoms with E-state index in [1.165, 1.54) is 6.07 Å². The van der Waals surface area contributed by atoms with E-state index in [0.717, 1.165) is 12.1 Å². The van der Waals surface area contributed by atoms with E-state index in [0.29, 0.717) is 24.5 Å². The molecule has 1 aliphatic heterocycles. The van der Waals surface area contributed by atoms with Crippen LogP contribution in [0.5, 0.6) is 5.75 Å². The molecule has 1 aromatic rings. The molecule has 0 aromatic heterocycles. The molecule has 88 valence electrons.